The number of amides is 1. The van der Waals surface area contributed by atoms with Crippen molar-refractivity contribution < 1.29 is 26.7 Å². The van der Waals surface area contributed by atoms with Crippen molar-refractivity contribution in [2.75, 3.05) is 5.32 Å². The molecule has 174 valence electrons. The molecule has 10 heteroatoms. The molecule has 5 nitrogen and oxygen atoms in total. The van der Waals surface area contributed by atoms with Gasteiger partial charge in [0.2, 0.25) is 6.10 Å². The summed E-state index contributed by atoms with van der Waals surface area (Å²) in [4.78, 5) is 13.2. The van der Waals surface area contributed by atoms with Crippen molar-refractivity contribution >= 4 is 43.7 Å². The number of carbonyl (C=O) groups excluding carboxylic acids is 1. The summed E-state index contributed by atoms with van der Waals surface area (Å²) in [5.74, 6) is -2.69. The molecule has 1 fully saturated rings. The first-order valence-electron chi connectivity index (χ1n) is 10.3. The lowest BCUT2D eigenvalue weighted by molar-refractivity contribution is -0.123. The van der Waals surface area contributed by atoms with Gasteiger partial charge in [-0.25, -0.2) is 17.2 Å². The molecular formula is C23H20ClF2NO4S2. The standard InChI is InChI=1S/C23H20ClF2NO4S2/c24-20-11-12-21(32-20)27-23(28)22(31-19-10-7-15(25)13-18(19)26)14-5-8-17(9-6-14)33(29,30)16-3-1-2-4-16/h5-13,16,22H,1-4H2,(H,27,28). The molecule has 33 heavy (non-hydrogen) atoms. The molecule has 1 heterocycles. The molecule has 1 aromatic heterocycles. The zero-order valence-corrected chi connectivity index (χ0v) is 19.7. The third kappa shape index (κ3) is 5.37. The van der Waals surface area contributed by atoms with Crippen LogP contribution in [0.25, 0.3) is 0 Å². The highest BCUT2D eigenvalue weighted by molar-refractivity contribution is 7.92. The molecule has 0 bridgehead atoms. The van der Waals surface area contributed by atoms with Crippen LogP contribution in [0, 0.1) is 11.6 Å². The molecular weight excluding hydrogens is 492 g/mol. The van der Waals surface area contributed by atoms with Gasteiger partial charge in [0.25, 0.3) is 5.91 Å². The molecule has 0 aliphatic heterocycles. The van der Waals surface area contributed by atoms with Gasteiger partial charge in [-0.05, 0) is 49.2 Å². The van der Waals surface area contributed by atoms with Crippen molar-refractivity contribution in [3.8, 4) is 5.75 Å². The zero-order valence-electron chi connectivity index (χ0n) is 17.3. The Balaban J connectivity index is 1.63. The van der Waals surface area contributed by atoms with E-state index in [0.29, 0.717) is 33.8 Å². The van der Waals surface area contributed by atoms with E-state index in [4.69, 9.17) is 16.3 Å². The van der Waals surface area contributed by atoms with E-state index in [2.05, 4.69) is 5.32 Å². The van der Waals surface area contributed by atoms with E-state index in [1.165, 1.54) is 24.3 Å². The first-order chi connectivity index (χ1) is 15.7. The number of halogens is 3. The Kier molecular flexibility index (Phi) is 7.02. The number of carbonyl (C=O) groups is 1. The summed E-state index contributed by atoms with van der Waals surface area (Å²) in [6.07, 6.45) is 1.70. The summed E-state index contributed by atoms with van der Waals surface area (Å²) in [7, 11) is -3.47. The second-order valence-corrected chi connectivity index (χ2v) is 11.6. The minimum Gasteiger partial charge on any atom is -0.473 e. The van der Waals surface area contributed by atoms with E-state index in [1.54, 1.807) is 12.1 Å². The Morgan fingerprint density at radius 1 is 1.06 bits per heavy atom. The topological polar surface area (TPSA) is 72.5 Å². The maximum absolute atomic E-state index is 14.2. The van der Waals surface area contributed by atoms with Gasteiger partial charge in [0.15, 0.2) is 21.4 Å². The average molecular weight is 512 g/mol. The van der Waals surface area contributed by atoms with Crippen LogP contribution >= 0.6 is 22.9 Å². The minimum absolute atomic E-state index is 0.162. The summed E-state index contributed by atoms with van der Waals surface area (Å²) < 4.78 is 59.3. The fraction of sp³-hybridized carbons (Fsp3) is 0.261. The van der Waals surface area contributed by atoms with Crippen LogP contribution in [0.15, 0.2) is 59.5 Å². The highest BCUT2D eigenvalue weighted by Crippen LogP contribution is 2.32. The Bertz CT molecular complexity index is 1260. The fourth-order valence-electron chi connectivity index (χ4n) is 3.76. The molecule has 1 unspecified atom stereocenters. The van der Waals surface area contributed by atoms with E-state index >= 15 is 0 Å². The summed E-state index contributed by atoms with van der Waals surface area (Å²) in [5, 5.41) is 2.71. The van der Waals surface area contributed by atoms with E-state index in [0.717, 1.165) is 36.3 Å². The lowest BCUT2D eigenvalue weighted by Crippen LogP contribution is -2.26. The number of hydrogen-bond donors (Lipinski definition) is 1. The van der Waals surface area contributed by atoms with Crippen LogP contribution in [0.2, 0.25) is 4.34 Å². The number of ether oxygens (including phenoxy) is 1. The highest BCUT2D eigenvalue weighted by Gasteiger charge is 2.31. The van der Waals surface area contributed by atoms with Crippen LogP contribution < -0.4 is 10.1 Å². The normalized spacial score (nSPS) is 15.4. The van der Waals surface area contributed by atoms with Crippen LogP contribution in [0.5, 0.6) is 5.75 Å². The van der Waals surface area contributed by atoms with Crippen molar-refractivity contribution in [3.63, 3.8) is 0 Å². The Morgan fingerprint density at radius 3 is 2.36 bits per heavy atom. The molecule has 0 radical (unpaired) electrons. The first-order valence-corrected chi connectivity index (χ1v) is 13.0. The molecule has 3 aromatic rings. The van der Waals surface area contributed by atoms with Gasteiger partial charge in [0.1, 0.15) is 5.82 Å². The number of rotatable bonds is 7. The Morgan fingerprint density at radius 2 is 1.76 bits per heavy atom. The SMILES string of the molecule is O=C(Nc1ccc(Cl)s1)C(Oc1ccc(F)cc1F)c1ccc(S(=O)(=O)C2CCCC2)cc1. The van der Waals surface area contributed by atoms with E-state index in [-0.39, 0.29) is 10.6 Å². The van der Waals surface area contributed by atoms with Crippen LogP contribution in [0.3, 0.4) is 0 Å². The van der Waals surface area contributed by atoms with Crippen LogP contribution in [0.1, 0.15) is 37.4 Å². The zero-order chi connectivity index (χ0) is 23.6. The number of thiophene rings is 1. The smallest absolute Gasteiger partial charge is 0.270 e. The summed E-state index contributed by atoms with van der Waals surface area (Å²) >= 11 is 7.05. The predicted molar refractivity (Wildman–Crippen MR) is 124 cm³/mol. The molecule has 1 atom stereocenters. The van der Waals surface area contributed by atoms with Crippen LogP contribution in [0.4, 0.5) is 13.8 Å². The molecule has 0 spiro atoms. The molecule has 1 N–H and O–H groups in total. The molecule has 1 aliphatic rings. The second kappa shape index (κ2) is 9.79. The van der Waals surface area contributed by atoms with Gasteiger partial charge in [-0.15, -0.1) is 11.3 Å². The van der Waals surface area contributed by atoms with E-state index in [1.807, 2.05) is 0 Å². The second-order valence-electron chi connectivity index (χ2n) is 7.69. The minimum atomic E-state index is -3.47. The van der Waals surface area contributed by atoms with Gasteiger partial charge in [0, 0.05) is 11.6 Å². The van der Waals surface area contributed by atoms with Gasteiger partial charge in [-0.2, -0.15) is 0 Å². The van der Waals surface area contributed by atoms with Crippen LogP contribution in [-0.4, -0.2) is 19.6 Å². The molecule has 1 aliphatic carbocycles. The molecule has 1 amide bonds. The van der Waals surface area contributed by atoms with Gasteiger partial charge < -0.3 is 10.1 Å². The lowest BCUT2D eigenvalue weighted by atomic mass is 10.1. The van der Waals surface area contributed by atoms with Crippen molar-refractivity contribution in [1.29, 1.82) is 0 Å². The maximum atomic E-state index is 14.2. The Labute approximate surface area is 199 Å². The first kappa shape index (κ1) is 23.7. The lowest BCUT2D eigenvalue weighted by Gasteiger charge is -2.20. The fourth-order valence-corrected chi connectivity index (χ4v) is 6.56. The molecule has 0 saturated heterocycles. The monoisotopic (exact) mass is 511 g/mol. The van der Waals surface area contributed by atoms with Crippen molar-refractivity contribution in [1.82, 2.24) is 0 Å². The number of anilines is 1. The number of nitrogens with one attached hydrogen (secondary N) is 1. The third-order valence-corrected chi connectivity index (χ3v) is 8.87. The number of hydrogen-bond acceptors (Lipinski definition) is 5. The molecule has 2 aromatic carbocycles. The summed E-state index contributed by atoms with van der Waals surface area (Å²) in [6.45, 7) is 0. The Hall–Kier alpha value is -2.49. The summed E-state index contributed by atoms with van der Waals surface area (Å²) in [6, 6.07) is 11.8. The van der Waals surface area contributed by atoms with Gasteiger partial charge in [0.05, 0.1) is 19.5 Å². The number of sulfone groups is 1. The highest BCUT2D eigenvalue weighted by atomic mass is 35.5. The quantitative estimate of drug-likeness (QED) is 0.412. The van der Waals surface area contributed by atoms with E-state index in [9.17, 15) is 22.0 Å². The van der Waals surface area contributed by atoms with Gasteiger partial charge in [-0.3, -0.25) is 4.79 Å². The van der Waals surface area contributed by atoms with E-state index < -0.39 is 38.7 Å². The number of benzene rings is 2. The largest absolute Gasteiger partial charge is 0.473 e. The predicted octanol–water partition coefficient (Wildman–Crippen LogP) is 6.15. The van der Waals surface area contributed by atoms with Crippen LogP contribution in [-0.2, 0) is 14.6 Å². The maximum Gasteiger partial charge on any atom is 0.270 e. The summed E-state index contributed by atoms with van der Waals surface area (Å²) in [5.41, 5.74) is 0.309. The van der Waals surface area contributed by atoms with Crippen molar-refractivity contribution in [2.45, 2.75) is 41.9 Å². The van der Waals surface area contributed by atoms with Crippen molar-refractivity contribution in [3.05, 3.63) is 76.1 Å². The molecule has 4 rings (SSSR count). The van der Waals surface area contributed by atoms with Crippen molar-refractivity contribution in [2.24, 2.45) is 0 Å². The van der Waals surface area contributed by atoms with Gasteiger partial charge >= 0.3 is 0 Å². The average Bonchev–Trinajstić information content (AvgIpc) is 3.46. The van der Waals surface area contributed by atoms with Gasteiger partial charge in [-0.1, -0.05) is 36.6 Å². The third-order valence-electron chi connectivity index (χ3n) is 5.45. The molecule has 1 saturated carbocycles.